The van der Waals surface area contributed by atoms with Crippen LogP contribution in [0.25, 0.3) is 0 Å². The first kappa shape index (κ1) is 14.8. The van der Waals surface area contributed by atoms with Gasteiger partial charge in [0.05, 0.1) is 38.2 Å². The number of rotatable bonds is 4. The van der Waals surface area contributed by atoms with E-state index in [0.29, 0.717) is 5.69 Å². The summed E-state index contributed by atoms with van der Waals surface area (Å²) in [4.78, 5) is 14.4. The standard InChI is InChI=1S/C15H17N3O3S/c1-20-10-5-6-11(14(8-10)21-2)13-4-3-7-18(13)15(19)12-9-16-22-17-12/h5-6,8-9,13H,3-4,7H2,1-2H3/t13-/m1/s1. The SMILES string of the molecule is COc1ccc([C@H]2CCCN2C(=O)c2cnsn2)c(OC)c1. The Kier molecular flexibility index (Phi) is 4.24. The van der Waals surface area contributed by atoms with Crippen molar-refractivity contribution in [3.05, 3.63) is 35.7 Å². The number of carbonyl (C=O) groups is 1. The molecule has 1 saturated heterocycles. The van der Waals surface area contributed by atoms with Gasteiger partial charge in [-0.1, -0.05) is 0 Å². The van der Waals surface area contributed by atoms with E-state index < -0.39 is 0 Å². The molecule has 1 atom stereocenters. The lowest BCUT2D eigenvalue weighted by Crippen LogP contribution is -2.31. The molecular weight excluding hydrogens is 302 g/mol. The molecule has 0 aliphatic carbocycles. The van der Waals surface area contributed by atoms with Crippen LogP contribution < -0.4 is 9.47 Å². The fourth-order valence-electron chi connectivity index (χ4n) is 2.83. The molecule has 3 rings (SSSR count). The van der Waals surface area contributed by atoms with Gasteiger partial charge >= 0.3 is 0 Å². The van der Waals surface area contributed by atoms with E-state index in [4.69, 9.17) is 9.47 Å². The number of aromatic nitrogens is 2. The Labute approximate surface area is 133 Å². The van der Waals surface area contributed by atoms with Gasteiger partial charge in [-0.05, 0) is 25.0 Å². The summed E-state index contributed by atoms with van der Waals surface area (Å²) in [6.45, 7) is 0.718. The van der Waals surface area contributed by atoms with Crippen molar-refractivity contribution in [1.82, 2.24) is 13.6 Å². The highest BCUT2D eigenvalue weighted by Crippen LogP contribution is 2.39. The Morgan fingerprint density at radius 3 is 2.91 bits per heavy atom. The highest BCUT2D eigenvalue weighted by atomic mass is 32.1. The van der Waals surface area contributed by atoms with Crippen LogP contribution in [0.4, 0.5) is 0 Å². The summed E-state index contributed by atoms with van der Waals surface area (Å²) in [7, 11) is 3.25. The normalized spacial score (nSPS) is 17.5. The molecule has 6 nitrogen and oxygen atoms in total. The van der Waals surface area contributed by atoms with E-state index in [-0.39, 0.29) is 11.9 Å². The molecular formula is C15H17N3O3S. The van der Waals surface area contributed by atoms with Crippen molar-refractivity contribution in [2.24, 2.45) is 0 Å². The zero-order valence-electron chi connectivity index (χ0n) is 12.5. The van der Waals surface area contributed by atoms with Gasteiger partial charge < -0.3 is 14.4 Å². The lowest BCUT2D eigenvalue weighted by molar-refractivity contribution is 0.0729. The van der Waals surface area contributed by atoms with Crippen molar-refractivity contribution in [2.45, 2.75) is 18.9 Å². The molecule has 0 radical (unpaired) electrons. The van der Waals surface area contributed by atoms with E-state index in [1.54, 1.807) is 14.2 Å². The van der Waals surface area contributed by atoms with Gasteiger partial charge in [-0.2, -0.15) is 8.75 Å². The van der Waals surface area contributed by atoms with E-state index in [0.717, 1.165) is 48.2 Å². The monoisotopic (exact) mass is 319 g/mol. The van der Waals surface area contributed by atoms with Gasteiger partial charge in [-0.3, -0.25) is 4.79 Å². The van der Waals surface area contributed by atoms with Crippen LogP contribution in [0.5, 0.6) is 11.5 Å². The number of carbonyl (C=O) groups excluding carboxylic acids is 1. The third-order valence-corrected chi connectivity index (χ3v) is 4.37. The molecule has 1 fully saturated rings. The first-order valence-electron chi connectivity index (χ1n) is 7.05. The zero-order chi connectivity index (χ0) is 15.5. The Bertz CT molecular complexity index is 660. The van der Waals surface area contributed by atoms with Crippen LogP contribution in [-0.4, -0.2) is 40.3 Å². The molecule has 7 heteroatoms. The predicted octanol–water partition coefficient (Wildman–Crippen LogP) is 2.53. The summed E-state index contributed by atoms with van der Waals surface area (Å²) in [5, 5.41) is 0. The van der Waals surface area contributed by atoms with Crippen molar-refractivity contribution in [2.75, 3.05) is 20.8 Å². The summed E-state index contributed by atoms with van der Waals surface area (Å²) in [5.74, 6) is 1.40. The summed E-state index contributed by atoms with van der Waals surface area (Å²) in [6, 6.07) is 5.70. The first-order valence-corrected chi connectivity index (χ1v) is 7.78. The fraction of sp³-hybridized carbons (Fsp3) is 0.400. The second kappa shape index (κ2) is 6.31. The zero-order valence-corrected chi connectivity index (χ0v) is 13.3. The number of hydrogen-bond donors (Lipinski definition) is 0. The van der Waals surface area contributed by atoms with E-state index >= 15 is 0 Å². The fourth-order valence-corrected chi connectivity index (χ4v) is 3.24. The average Bonchev–Trinajstić information content (AvgIpc) is 3.24. The number of nitrogens with zero attached hydrogens (tertiary/aromatic N) is 3. The Morgan fingerprint density at radius 2 is 2.23 bits per heavy atom. The van der Waals surface area contributed by atoms with Crippen LogP contribution in [0.1, 0.15) is 34.9 Å². The highest BCUT2D eigenvalue weighted by Gasteiger charge is 2.33. The number of ether oxygens (including phenoxy) is 2. The molecule has 22 heavy (non-hydrogen) atoms. The predicted molar refractivity (Wildman–Crippen MR) is 82.5 cm³/mol. The number of likely N-dealkylation sites (tertiary alicyclic amines) is 1. The maximum atomic E-state index is 12.6. The minimum absolute atomic E-state index is 0.00458. The van der Waals surface area contributed by atoms with Gasteiger partial charge in [-0.15, -0.1) is 0 Å². The molecule has 1 amide bonds. The maximum absolute atomic E-state index is 12.6. The summed E-state index contributed by atoms with van der Waals surface area (Å²) in [6.07, 6.45) is 3.39. The Hall–Kier alpha value is -2.15. The second-order valence-corrected chi connectivity index (χ2v) is 5.61. The molecule has 1 aromatic carbocycles. The van der Waals surface area contributed by atoms with Gasteiger partial charge in [0.2, 0.25) is 0 Å². The van der Waals surface area contributed by atoms with Crippen LogP contribution in [0, 0.1) is 0 Å². The van der Waals surface area contributed by atoms with Crippen molar-refractivity contribution in [1.29, 1.82) is 0 Å². The summed E-state index contributed by atoms with van der Waals surface area (Å²) >= 11 is 1.05. The van der Waals surface area contributed by atoms with E-state index in [1.165, 1.54) is 6.20 Å². The van der Waals surface area contributed by atoms with Crippen LogP contribution in [0.2, 0.25) is 0 Å². The topological polar surface area (TPSA) is 64.5 Å². The van der Waals surface area contributed by atoms with Crippen LogP contribution in [0.15, 0.2) is 24.4 Å². The van der Waals surface area contributed by atoms with Crippen molar-refractivity contribution in [3.8, 4) is 11.5 Å². The molecule has 116 valence electrons. The molecule has 1 aliphatic heterocycles. The quantitative estimate of drug-likeness (QED) is 0.866. The lowest BCUT2D eigenvalue weighted by Gasteiger charge is -2.25. The van der Waals surface area contributed by atoms with Crippen LogP contribution >= 0.6 is 11.7 Å². The first-order chi connectivity index (χ1) is 10.7. The third-order valence-electron chi connectivity index (χ3n) is 3.89. The molecule has 1 aromatic heterocycles. The Morgan fingerprint density at radius 1 is 1.36 bits per heavy atom. The molecule has 0 N–H and O–H groups in total. The van der Waals surface area contributed by atoms with Crippen LogP contribution in [0.3, 0.4) is 0 Å². The lowest BCUT2D eigenvalue weighted by atomic mass is 10.0. The van der Waals surface area contributed by atoms with E-state index in [2.05, 4.69) is 8.75 Å². The summed E-state index contributed by atoms with van der Waals surface area (Å²) in [5.41, 5.74) is 1.40. The van der Waals surface area contributed by atoms with Gasteiger partial charge in [0, 0.05) is 18.2 Å². The van der Waals surface area contributed by atoms with E-state index in [9.17, 15) is 4.79 Å². The molecule has 2 aromatic rings. The van der Waals surface area contributed by atoms with Gasteiger partial charge in [0.15, 0.2) is 5.69 Å². The molecule has 2 heterocycles. The molecule has 1 aliphatic rings. The maximum Gasteiger partial charge on any atom is 0.275 e. The van der Waals surface area contributed by atoms with Crippen molar-refractivity contribution >= 4 is 17.6 Å². The molecule has 0 bridgehead atoms. The number of benzene rings is 1. The smallest absolute Gasteiger partial charge is 0.275 e. The minimum atomic E-state index is -0.0749. The minimum Gasteiger partial charge on any atom is -0.497 e. The number of hydrogen-bond acceptors (Lipinski definition) is 6. The molecule has 0 spiro atoms. The summed E-state index contributed by atoms with van der Waals surface area (Å²) < 4.78 is 18.7. The van der Waals surface area contributed by atoms with Crippen molar-refractivity contribution in [3.63, 3.8) is 0 Å². The molecule has 0 saturated carbocycles. The van der Waals surface area contributed by atoms with Crippen LogP contribution in [-0.2, 0) is 0 Å². The van der Waals surface area contributed by atoms with Gasteiger partial charge in [0.25, 0.3) is 5.91 Å². The number of methoxy groups -OCH3 is 2. The Balaban J connectivity index is 1.91. The second-order valence-electron chi connectivity index (χ2n) is 5.06. The third kappa shape index (κ3) is 2.64. The van der Waals surface area contributed by atoms with Gasteiger partial charge in [0.1, 0.15) is 11.5 Å². The largest absolute Gasteiger partial charge is 0.497 e. The van der Waals surface area contributed by atoms with Crippen molar-refractivity contribution < 1.29 is 14.3 Å². The molecule has 0 unspecified atom stereocenters. The highest BCUT2D eigenvalue weighted by molar-refractivity contribution is 6.99. The van der Waals surface area contributed by atoms with E-state index in [1.807, 2.05) is 23.1 Å². The van der Waals surface area contributed by atoms with Gasteiger partial charge in [-0.25, -0.2) is 0 Å². The number of amides is 1. The average molecular weight is 319 g/mol.